The van der Waals surface area contributed by atoms with Crippen molar-refractivity contribution in [3.63, 3.8) is 0 Å². The van der Waals surface area contributed by atoms with Crippen molar-refractivity contribution in [3.8, 4) is 0 Å². The molecule has 23 heavy (non-hydrogen) atoms. The van der Waals surface area contributed by atoms with Gasteiger partial charge in [-0.2, -0.15) is 0 Å². The first-order valence-corrected chi connectivity index (χ1v) is 9.25. The Labute approximate surface area is 167 Å². The Hall–Kier alpha value is 0.840. The van der Waals surface area contributed by atoms with Crippen molar-refractivity contribution in [1.29, 1.82) is 0 Å². The van der Waals surface area contributed by atoms with E-state index in [1.807, 2.05) is 0 Å². The topological polar surface area (TPSA) is 58.9 Å². The molecule has 0 amide bonds. The molecule has 136 valence electrons. The minimum absolute atomic E-state index is 0. The second-order valence-electron chi connectivity index (χ2n) is 6.04. The Morgan fingerprint density at radius 1 is 0.783 bits per heavy atom. The van der Waals surface area contributed by atoms with Gasteiger partial charge in [0.25, 0.3) is 0 Å². The molecule has 0 fully saturated rings. The fraction of sp³-hybridized carbons (Fsp3) is 1.00. The normalized spacial score (nSPS) is 12.1. The zero-order valence-corrected chi connectivity index (χ0v) is 17.6. The number of aliphatic hydroxyl groups excluding tert-OH is 2. The maximum Gasteiger partial charge on any atom is 1.00 e. The Bertz CT molecular complexity index is 211. The number of ether oxygens (including phenoxy) is 2. The predicted octanol–water partition coefficient (Wildman–Crippen LogP) is 0.800. The second kappa shape index (κ2) is 22.8. The van der Waals surface area contributed by atoms with Crippen LogP contribution < -0.4 is 29.6 Å². The van der Waals surface area contributed by atoms with Gasteiger partial charge in [0.05, 0.1) is 39.1 Å². The van der Waals surface area contributed by atoms with E-state index in [0.29, 0.717) is 26.4 Å². The molecule has 0 saturated carbocycles. The van der Waals surface area contributed by atoms with Crippen molar-refractivity contribution < 1.29 is 50.7 Å². The van der Waals surface area contributed by atoms with Gasteiger partial charge < -0.3 is 21.1 Å². The van der Waals surface area contributed by atoms with Gasteiger partial charge in [0.2, 0.25) is 0 Å². The molecule has 0 aromatic carbocycles. The standard InChI is InChI=1S/C18H38O4.Na.H/c1-2-3-4-5-6-7-8-9-10-11-12-18(20)17-22-16-15-21-14-13-19;;/h18-20H,2-17H2,1H3;;/q;+1;-1. The van der Waals surface area contributed by atoms with E-state index in [9.17, 15) is 5.11 Å². The van der Waals surface area contributed by atoms with Gasteiger partial charge in [0, 0.05) is 0 Å². The smallest absolute Gasteiger partial charge is 1.00 e. The van der Waals surface area contributed by atoms with Gasteiger partial charge in [0.1, 0.15) is 0 Å². The van der Waals surface area contributed by atoms with E-state index in [4.69, 9.17) is 14.6 Å². The Morgan fingerprint density at radius 2 is 1.30 bits per heavy atom. The van der Waals surface area contributed by atoms with E-state index in [0.717, 1.165) is 12.8 Å². The number of hydrogen-bond donors (Lipinski definition) is 2. The van der Waals surface area contributed by atoms with Crippen molar-refractivity contribution in [2.75, 3.05) is 33.0 Å². The van der Waals surface area contributed by atoms with Gasteiger partial charge in [-0.3, -0.25) is 0 Å². The van der Waals surface area contributed by atoms with Crippen LogP contribution in [0.4, 0.5) is 0 Å². The fourth-order valence-corrected chi connectivity index (χ4v) is 2.45. The minimum Gasteiger partial charge on any atom is -1.00 e. The second-order valence-corrected chi connectivity index (χ2v) is 6.04. The third kappa shape index (κ3) is 22.8. The van der Waals surface area contributed by atoms with Gasteiger partial charge in [-0.1, -0.05) is 71.1 Å². The summed E-state index contributed by atoms with van der Waals surface area (Å²) in [6.07, 6.45) is 13.6. The summed E-state index contributed by atoms with van der Waals surface area (Å²) >= 11 is 0. The first-order valence-electron chi connectivity index (χ1n) is 9.25. The minimum atomic E-state index is -0.355. The zero-order valence-electron chi connectivity index (χ0n) is 16.6. The monoisotopic (exact) mass is 342 g/mol. The van der Waals surface area contributed by atoms with E-state index in [1.54, 1.807) is 0 Å². The molecule has 0 aliphatic carbocycles. The third-order valence-electron chi connectivity index (χ3n) is 3.81. The molecule has 0 spiro atoms. The predicted molar refractivity (Wildman–Crippen MR) is 92.3 cm³/mol. The van der Waals surface area contributed by atoms with Crippen molar-refractivity contribution in [3.05, 3.63) is 0 Å². The molecular formula is C18H39NaO4. The Kier molecular flexibility index (Phi) is 25.9. The van der Waals surface area contributed by atoms with Crippen LogP contribution in [-0.4, -0.2) is 49.4 Å². The van der Waals surface area contributed by atoms with E-state index in [2.05, 4.69) is 6.92 Å². The van der Waals surface area contributed by atoms with Gasteiger partial charge in [-0.25, -0.2) is 0 Å². The van der Waals surface area contributed by atoms with E-state index in [1.165, 1.54) is 57.8 Å². The average molecular weight is 342 g/mol. The fourth-order valence-electron chi connectivity index (χ4n) is 2.45. The molecule has 1 unspecified atom stereocenters. The van der Waals surface area contributed by atoms with E-state index >= 15 is 0 Å². The maximum atomic E-state index is 9.77. The number of aliphatic hydroxyl groups is 2. The summed E-state index contributed by atoms with van der Waals surface area (Å²) in [5.41, 5.74) is 0. The first-order chi connectivity index (χ1) is 10.8. The van der Waals surface area contributed by atoms with Crippen LogP contribution in [0.1, 0.15) is 79.0 Å². The molecule has 0 rings (SSSR count). The van der Waals surface area contributed by atoms with E-state index < -0.39 is 0 Å². The molecular weight excluding hydrogens is 303 g/mol. The van der Waals surface area contributed by atoms with Crippen LogP contribution in [0.3, 0.4) is 0 Å². The molecule has 0 aliphatic heterocycles. The van der Waals surface area contributed by atoms with Crippen molar-refractivity contribution >= 4 is 0 Å². The van der Waals surface area contributed by atoms with Crippen LogP contribution in [-0.2, 0) is 9.47 Å². The molecule has 0 aliphatic rings. The molecule has 0 bridgehead atoms. The number of rotatable bonds is 18. The van der Waals surface area contributed by atoms with Crippen molar-refractivity contribution in [2.24, 2.45) is 0 Å². The van der Waals surface area contributed by atoms with Crippen LogP contribution in [0.15, 0.2) is 0 Å². The Morgan fingerprint density at radius 3 is 1.87 bits per heavy atom. The molecule has 0 heterocycles. The molecule has 4 nitrogen and oxygen atoms in total. The molecule has 0 saturated heterocycles. The third-order valence-corrected chi connectivity index (χ3v) is 3.81. The van der Waals surface area contributed by atoms with E-state index in [-0.39, 0.29) is 43.7 Å². The summed E-state index contributed by atoms with van der Waals surface area (Å²) in [4.78, 5) is 0. The van der Waals surface area contributed by atoms with Gasteiger partial charge in [-0.15, -0.1) is 0 Å². The molecule has 0 aromatic rings. The molecule has 0 radical (unpaired) electrons. The van der Waals surface area contributed by atoms with Crippen LogP contribution in [0, 0.1) is 0 Å². The number of hydrogen-bond acceptors (Lipinski definition) is 4. The summed E-state index contributed by atoms with van der Waals surface area (Å²) in [6.45, 7) is 4.00. The summed E-state index contributed by atoms with van der Waals surface area (Å²) in [7, 11) is 0. The average Bonchev–Trinajstić information content (AvgIpc) is 2.52. The molecule has 0 aromatic heterocycles. The summed E-state index contributed by atoms with van der Waals surface area (Å²) < 4.78 is 10.4. The SMILES string of the molecule is CCCCCCCCCCCCC(O)COCCOCCO.[H-].[Na+]. The van der Waals surface area contributed by atoms with Crippen molar-refractivity contribution in [1.82, 2.24) is 0 Å². The number of unbranched alkanes of at least 4 members (excludes halogenated alkanes) is 9. The zero-order chi connectivity index (χ0) is 16.3. The van der Waals surface area contributed by atoms with Gasteiger partial charge in [-0.05, 0) is 6.42 Å². The van der Waals surface area contributed by atoms with Crippen molar-refractivity contribution in [2.45, 2.75) is 83.7 Å². The van der Waals surface area contributed by atoms with Crippen LogP contribution in [0.25, 0.3) is 0 Å². The van der Waals surface area contributed by atoms with Crippen LogP contribution in [0.5, 0.6) is 0 Å². The molecule has 2 N–H and O–H groups in total. The van der Waals surface area contributed by atoms with Crippen LogP contribution in [0.2, 0.25) is 0 Å². The van der Waals surface area contributed by atoms with Gasteiger partial charge in [0.15, 0.2) is 0 Å². The first kappa shape index (κ1) is 26.1. The maximum absolute atomic E-state index is 9.77. The largest absolute Gasteiger partial charge is 1.00 e. The quantitative estimate of drug-likeness (QED) is 0.286. The Balaban J connectivity index is -0.00000220. The van der Waals surface area contributed by atoms with Gasteiger partial charge >= 0.3 is 29.6 Å². The summed E-state index contributed by atoms with van der Waals surface area (Å²) in [6, 6.07) is 0. The summed E-state index contributed by atoms with van der Waals surface area (Å²) in [5.74, 6) is 0. The van der Waals surface area contributed by atoms with Crippen LogP contribution >= 0.6 is 0 Å². The molecule has 5 heteroatoms. The summed E-state index contributed by atoms with van der Waals surface area (Å²) in [5, 5.41) is 18.3. The molecule has 1 atom stereocenters.